The van der Waals surface area contributed by atoms with Gasteiger partial charge in [0.25, 0.3) is 0 Å². The number of aliphatic hydroxyl groups excluding tert-OH is 1. The van der Waals surface area contributed by atoms with Crippen LogP contribution in [0.25, 0.3) is 0 Å². The van der Waals surface area contributed by atoms with E-state index < -0.39 is 5.60 Å². The lowest BCUT2D eigenvalue weighted by molar-refractivity contribution is -0.227. The minimum Gasteiger partial charge on any atom is -0.393 e. The van der Waals surface area contributed by atoms with Crippen molar-refractivity contribution < 1.29 is 14.9 Å². The van der Waals surface area contributed by atoms with Gasteiger partial charge in [0.2, 0.25) is 0 Å². The highest BCUT2D eigenvalue weighted by molar-refractivity contribution is 5.18. The van der Waals surface area contributed by atoms with Gasteiger partial charge in [0.15, 0.2) is 0 Å². The van der Waals surface area contributed by atoms with E-state index in [9.17, 15) is 10.2 Å². The summed E-state index contributed by atoms with van der Waals surface area (Å²) < 4.78 is 6.73. The van der Waals surface area contributed by atoms with Crippen LogP contribution in [-0.2, 0) is 4.74 Å². The molecule has 2 N–H and O–H groups in total. The molecule has 3 nitrogen and oxygen atoms in total. The average Bonchev–Trinajstić information content (AvgIpc) is 3.27. The van der Waals surface area contributed by atoms with Crippen molar-refractivity contribution in [2.24, 2.45) is 45.3 Å². The average molecular weight is 461 g/mol. The zero-order chi connectivity index (χ0) is 24.2. The lowest BCUT2D eigenvalue weighted by Crippen LogP contribution is -2.64. The van der Waals surface area contributed by atoms with Crippen LogP contribution in [-0.4, -0.2) is 33.6 Å². The van der Waals surface area contributed by atoms with Gasteiger partial charge in [0.05, 0.1) is 23.4 Å². The molecule has 0 aromatic heterocycles. The van der Waals surface area contributed by atoms with Crippen LogP contribution in [0.3, 0.4) is 0 Å². The normalized spacial score (nSPS) is 56.2. The van der Waals surface area contributed by atoms with Gasteiger partial charge in [-0.05, 0) is 130 Å². The van der Waals surface area contributed by atoms with E-state index in [1.54, 1.807) is 0 Å². The van der Waals surface area contributed by atoms with Crippen LogP contribution in [0.2, 0.25) is 0 Å². The first kappa shape index (κ1) is 24.6. The summed E-state index contributed by atoms with van der Waals surface area (Å²) in [5.41, 5.74) is 0.277. The fourth-order valence-corrected chi connectivity index (χ4v) is 11.1. The van der Waals surface area contributed by atoms with Crippen molar-refractivity contribution in [3.63, 3.8) is 0 Å². The summed E-state index contributed by atoms with van der Waals surface area (Å²) in [5, 5.41) is 21.5. The van der Waals surface area contributed by atoms with Crippen LogP contribution in [0.5, 0.6) is 0 Å². The number of ether oxygens (including phenoxy) is 1. The highest BCUT2D eigenvalue weighted by atomic mass is 16.5. The van der Waals surface area contributed by atoms with E-state index in [-0.39, 0.29) is 23.2 Å². The molecule has 1 heterocycles. The molecule has 0 bridgehead atoms. The standard InChI is InChI=1S/C30H52O3/c1-25(2)21-12-17-29(7)22(27(21,5)15-13-23(25)31)10-9-19-20(11-16-28(19,29)6)30(8)18-14-24(33-30)26(3,4)32/h19-24,31-32H,9-18H2,1-8H3/t19-,20+,21+,22+,23+,24+,27+,28-,29-,30+/m1/s1. The van der Waals surface area contributed by atoms with Gasteiger partial charge < -0.3 is 14.9 Å². The third-order valence-electron chi connectivity index (χ3n) is 13.3. The molecule has 4 aliphatic carbocycles. The van der Waals surface area contributed by atoms with Gasteiger partial charge in [-0.2, -0.15) is 0 Å². The molecule has 0 aromatic carbocycles. The molecule has 33 heavy (non-hydrogen) atoms. The Morgan fingerprint density at radius 1 is 0.697 bits per heavy atom. The molecule has 3 heteroatoms. The summed E-state index contributed by atoms with van der Waals surface area (Å²) in [6.07, 6.45) is 11.9. The van der Waals surface area contributed by atoms with Gasteiger partial charge in [-0.1, -0.05) is 34.6 Å². The van der Waals surface area contributed by atoms with Gasteiger partial charge in [-0.25, -0.2) is 0 Å². The van der Waals surface area contributed by atoms with Crippen molar-refractivity contribution in [1.29, 1.82) is 0 Å². The highest BCUT2D eigenvalue weighted by Crippen LogP contribution is 2.76. The molecular weight excluding hydrogens is 408 g/mol. The Bertz CT molecular complexity index is 784. The summed E-state index contributed by atoms with van der Waals surface area (Å²) in [6, 6.07) is 0. The third-order valence-corrected chi connectivity index (χ3v) is 13.3. The van der Waals surface area contributed by atoms with Gasteiger partial charge in [0.1, 0.15) is 0 Å². The van der Waals surface area contributed by atoms with E-state index in [2.05, 4.69) is 41.5 Å². The predicted octanol–water partition coefficient (Wildman–Crippen LogP) is 6.74. The molecule has 1 saturated heterocycles. The Morgan fingerprint density at radius 3 is 2.00 bits per heavy atom. The maximum atomic E-state index is 10.9. The topological polar surface area (TPSA) is 49.7 Å². The van der Waals surface area contributed by atoms with Crippen LogP contribution in [0.15, 0.2) is 0 Å². The fraction of sp³-hybridized carbons (Fsp3) is 1.00. The van der Waals surface area contributed by atoms with E-state index in [0.717, 1.165) is 31.1 Å². The molecule has 5 rings (SSSR count). The number of rotatable bonds is 2. The van der Waals surface area contributed by atoms with E-state index in [1.165, 1.54) is 44.9 Å². The van der Waals surface area contributed by atoms with Crippen molar-refractivity contribution in [2.75, 3.05) is 0 Å². The third kappa shape index (κ3) is 3.16. The van der Waals surface area contributed by atoms with Crippen LogP contribution in [0, 0.1) is 45.3 Å². The molecule has 1 aliphatic heterocycles. The second-order valence-electron chi connectivity index (χ2n) is 15.3. The second-order valence-corrected chi connectivity index (χ2v) is 15.3. The lowest BCUT2D eigenvalue weighted by atomic mass is 9.35. The fourth-order valence-electron chi connectivity index (χ4n) is 11.1. The molecule has 5 fully saturated rings. The van der Waals surface area contributed by atoms with Crippen molar-refractivity contribution >= 4 is 0 Å². The van der Waals surface area contributed by atoms with Crippen molar-refractivity contribution in [3.05, 3.63) is 0 Å². The lowest BCUT2D eigenvalue weighted by Gasteiger charge is -2.70. The smallest absolute Gasteiger partial charge is 0.0865 e. The zero-order valence-corrected chi connectivity index (χ0v) is 22.8. The summed E-state index contributed by atoms with van der Waals surface area (Å²) in [5.74, 6) is 2.73. The van der Waals surface area contributed by atoms with Crippen molar-refractivity contribution in [3.8, 4) is 0 Å². The van der Waals surface area contributed by atoms with Crippen molar-refractivity contribution in [2.45, 2.75) is 143 Å². The van der Waals surface area contributed by atoms with Crippen LogP contribution < -0.4 is 0 Å². The van der Waals surface area contributed by atoms with Gasteiger partial charge >= 0.3 is 0 Å². The Balaban J connectivity index is 1.44. The van der Waals surface area contributed by atoms with E-state index in [1.807, 2.05) is 13.8 Å². The number of hydrogen-bond donors (Lipinski definition) is 2. The van der Waals surface area contributed by atoms with E-state index in [0.29, 0.717) is 28.1 Å². The van der Waals surface area contributed by atoms with Gasteiger partial charge in [0, 0.05) is 0 Å². The summed E-state index contributed by atoms with van der Waals surface area (Å²) >= 11 is 0. The molecule has 0 unspecified atom stereocenters. The van der Waals surface area contributed by atoms with Gasteiger partial charge in [-0.3, -0.25) is 0 Å². The molecule has 0 spiro atoms. The molecular formula is C30H52O3. The molecule has 10 atom stereocenters. The maximum absolute atomic E-state index is 10.9. The quantitative estimate of drug-likeness (QED) is 0.480. The van der Waals surface area contributed by atoms with Crippen LogP contribution >= 0.6 is 0 Å². The molecule has 5 aliphatic rings. The highest BCUT2D eigenvalue weighted by Gasteiger charge is 2.70. The number of aliphatic hydroxyl groups is 2. The molecule has 4 saturated carbocycles. The van der Waals surface area contributed by atoms with Crippen LogP contribution in [0.4, 0.5) is 0 Å². The summed E-state index contributed by atoms with van der Waals surface area (Å²) in [7, 11) is 0. The monoisotopic (exact) mass is 460 g/mol. The summed E-state index contributed by atoms with van der Waals surface area (Å²) in [4.78, 5) is 0. The Kier molecular flexibility index (Phi) is 5.38. The maximum Gasteiger partial charge on any atom is 0.0865 e. The second kappa shape index (κ2) is 7.22. The predicted molar refractivity (Wildman–Crippen MR) is 134 cm³/mol. The first-order valence-electron chi connectivity index (χ1n) is 14.2. The molecule has 0 radical (unpaired) electrons. The number of hydrogen-bond acceptors (Lipinski definition) is 3. The van der Waals surface area contributed by atoms with Gasteiger partial charge in [-0.15, -0.1) is 0 Å². The Hall–Kier alpha value is -0.120. The first-order valence-corrected chi connectivity index (χ1v) is 14.2. The minimum atomic E-state index is -0.755. The Labute approximate surface area is 203 Å². The SMILES string of the molecule is CC(C)(O)[C@@H]1CC[C@@](C)([C@H]2CC[C@]3(C)[C@@H]2CC[C@H]2[C@@]4(C)CC[C@H](O)C(C)(C)[C@@H]4CC[C@]23C)O1. The molecule has 0 aromatic rings. The first-order chi connectivity index (χ1) is 15.1. The van der Waals surface area contributed by atoms with E-state index >= 15 is 0 Å². The Morgan fingerprint density at radius 2 is 1.36 bits per heavy atom. The number of fused-ring (bicyclic) bond motifs is 5. The van der Waals surface area contributed by atoms with Crippen molar-refractivity contribution in [1.82, 2.24) is 0 Å². The van der Waals surface area contributed by atoms with Crippen LogP contribution in [0.1, 0.15) is 120 Å². The largest absolute Gasteiger partial charge is 0.393 e. The summed E-state index contributed by atoms with van der Waals surface area (Å²) in [6.45, 7) is 18.8. The minimum absolute atomic E-state index is 0.0293. The molecule has 190 valence electrons. The van der Waals surface area contributed by atoms with E-state index in [4.69, 9.17) is 4.74 Å². The molecule has 0 amide bonds. The zero-order valence-electron chi connectivity index (χ0n) is 22.8.